The monoisotopic (exact) mass is 295 g/mol. The van der Waals surface area contributed by atoms with Crippen molar-refractivity contribution < 1.29 is 0 Å². The fourth-order valence-electron chi connectivity index (χ4n) is 1.93. The highest BCUT2D eigenvalue weighted by Crippen LogP contribution is 2.30. The van der Waals surface area contributed by atoms with Gasteiger partial charge in [-0.3, -0.25) is 0 Å². The van der Waals surface area contributed by atoms with Gasteiger partial charge in [0.25, 0.3) is 0 Å². The molecule has 0 atom stereocenters. The topological polar surface area (TPSA) is 0 Å². The first-order valence-electron chi connectivity index (χ1n) is 6.32. The van der Waals surface area contributed by atoms with Crippen LogP contribution in [0.4, 0.5) is 0 Å². The average molecular weight is 296 g/mol. The van der Waals surface area contributed by atoms with E-state index in [9.17, 15) is 0 Å². The molecule has 0 saturated carbocycles. The fourth-order valence-corrected chi connectivity index (χ4v) is 2.93. The van der Waals surface area contributed by atoms with Crippen molar-refractivity contribution in [3.8, 4) is 11.1 Å². The number of hydrogen-bond donors (Lipinski definition) is 0. The van der Waals surface area contributed by atoms with E-state index in [1.54, 1.807) is 11.8 Å². The van der Waals surface area contributed by atoms with E-state index in [4.69, 9.17) is 11.6 Å². The van der Waals surface area contributed by atoms with Crippen LogP contribution < -0.4 is 0 Å². The third-order valence-electron chi connectivity index (χ3n) is 2.91. The summed E-state index contributed by atoms with van der Waals surface area (Å²) in [5, 5.41) is 0.753. The third kappa shape index (κ3) is 3.24. The standard InChI is InChI=1S/C18H12ClS/c19-16-11-9-14(10-12-16)15-5-4-8-18(13-15)20-17-6-2-1-3-7-17/h1-4,6-13H. The number of halogens is 1. The predicted octanol–water partition coefficient (Wildman–Crippen LogP) is 5.96. The summed E-state index contributed by atoms with van der Waals surface area (Å²) < 4.78 is 0. The van der Waals surface area contributed by atoms with Crippen LogP contribution in [-0.4, -0.2) is 0 Å². The van der Waals surface area contributed by atoms with Crippen molar-refractivity contribution >= 4 is 23.4 Å². The van der Waals surface area contributed by atoms with Crippen LogP contribution in [0, 0.1) is 6.07 Å². The van der Waals surface area contributed by atoms with E-state index in [-0.39, 0.29) is 0 Å². The molecule has 0 nitrogen and oxygen atoms in total. The van der Waals surface area contributed by atoms with Gasteiger partial charge in [-0.2, -0.15) is 0 Å². The molecular formula is C18H12ClS. The zero-order valence-electron chi connectivity index (χ0n) is 10.7. The van der Waals surface area contributed by atoms with Crippen molar-refractivity contribution in [3.05, 3.63) is 83.9 Å². The fraction of sp³-hybridized carbons (Fsp3) is 0. The summed E-state index contributed by atoms with van der Waals surface area (Å²) in [7, 11) is 0. The third-order valence-corrected chi connectivity index (χ3v) is 4.16. The smallest absolute Gasteiger partial charge is 0.0406 e. The molecule has 0 heterocycles. The number of benzene rings is 3. The van der Waals surface area contributed by atoms with Gasteiger partial charge in [-0.25, -0.2) is 0 Å². The Kier molecular flexibility index (Phi) is 4.10. The van der Waals surface area contributed by atoms with Gasteiger partial charge in [0.05, 0.1) is 0 Å². The van der Waals surface area contributed by atoms with Gasteiger partial charge in [0.2, 0.25) is 0 Å². The highest BCUT2D eigenvalue weighted by atomic mass is 35.5. The van der Waals surface area contributed by atoms with E-state index in [1.165, 1.54) is 9.79 Å². The van der Waals surface area contributed by atoms with E-state index in [2.05, 4.69) is 42.5 Å². The van der Waals surface area contributed by atoms with E-state index >= 15 is 0 Å². The molecule has 0 aromatic heterocycles. The molecule has 3 aromatic carbocycles. The number of rotatable bonds is 3. The molecule has 20 heavy (non-hydrogen) atoms. The normalized spacial score (nSPS) is 10.4. The SMILES string of the molecule is Clc1ccc(-c2[c]ccc(Sc3ccccc3)c2)cc1. The van der Waals surface area contributed by atoms with Crippen LogP contribution in [0.5, 0.6) is 0 Å². The van der Waals surface area contributed by atoms with Crippen LogP contribution in [0.3, 0.4) is 0 Å². The van der Waals surface area contributed by atoms with Gasteiger partial charge >= 0.3 is 0 Å². The van der Waals surface area contributed by atoms with Gasteiger partial charge in [0.15, 0.2) is 0 Å². The molecule has 97 valence electrons. The Morgan fingerprint density at radius 1 is 0.800 bits per heavy atom. The van der Waals surface area contributed by atoms with Crippen molar-refractivity contribution in [1.82, 2.24) is 0 Å². The lowest BCUT2D eigenvalue weighted by Gasteiger charge is -2.05. The molecule has 0 fully saturated rings. The minimum atomic E-state index is 0.753. The molecule has 0 aliphatic rings. The maximum Gasteiger partial charge on any atom is 0.0406 e. The molecule has 0 unspecified atom stereocenters. The highest BCUT2D eigenvalue weighted by molar-refractivity contribution is 7.99. The zero-order chi connectivity index (χ0) is 13.8. The largest absolute Gasteiger partial charge is 0.0901 e. The van der Waals surface area contributed by atoms with Crippen molar-refractivity contribution in [2.24, 2.45) is 0 Å². The summed E-state index contributed by atoms with van der Waals surface area (Å²) in [6.07, 6.45) is 0. The minimum Gasteiger partial charge on any atom is -0.0901 e. The summed E-state index contributed by atoms with van der Waals surface area (Å²) in [6, 6.07) is 27.7. The van der Waals surface area contributed by atoms with Crippen molar-refractivity contribution in [2.45, 2.75) is 9.79 Å². The van der Waals surface area contributed by atoms with E-state index < -0.39 is 0 Å². The lowest BCUT2D eigenvalue weighted by atomic mass is 10.1. The van der Waals surface area contributed by atoms with E-state index in [0.717, 1.165) is 16.1 Å². The molecule has 0 N–H and O–H groups in total. The van der Waals surface area contributed by atoms with Crippen LogP contribution in [0.15, 0.2) is 82.6 Å². The molecule has 0 spiro atoms. The van der Waals surface area contributed by atoms with Gasteiger partial charge in [0.1, 0.15) is 0 Å². The highest BCUT2D eigenvalue weighted by Gasteiger charge is 2.01. The van der Waals surface area contributed by atoms with Gasteiger partial charge in [-0.1, -0.05) is 59.8 Å². The molecule has 3 aromatic rings. The van der Waals surface area contributed by atoms with Gasteiger partial charge in [0, 0.05) is 14.8 Å². The second kappa shape index (κ2) is 6.17. The Hall–Kier alpha value is -1.70. The van der Waals surface area contributed by atoms with E-state index in [1.807, 2.05) is 36.4 Å². The Morgan fingerprint density at radius 2 is 1.55 bits per heavy atom. The quantitative estimate of drug-likeness (QED) is 0.574. The van der Waals surface area contributed by atoms with Crippen molar-refractivity contribution in [1.29, 1.82) is 0 Å². The maximum absolute atomic E-state index is 5.92. The molecule has 0 aliphatic carbocycles. The summed E-state index contributed by atoms with van der Waals surface area (Å²) >= 11 is 7.68. The lowest BCUT2D eigenvalue weighted by Crippen LogP contribution is -1.79. The summed E-state index contributed by atoms with van der Waals surface area (Å²) in [5.41, 5.74) is 2.22. The Bertz CT molecular complexity index is 690. The summed E-state index contributed by atoms with van der Waals surface area (Å²) in [4.78, 5) is 2.45. The van der Waals surface area contributed by atoms with Crippen LogP contribution in [0.2, 0.25) is 5.02 Å². The molecule has 0 aliphatic heterocycles. The molecule has 0 amide bonds. The Morgan fingerprint density at radius 3 is 2.30 bits per heavy atom. The number of hydrogen-bond acceptors (Lipinski definition) is 1. The first-order chi connectivity index (χ1) is 9.81. The zero-order valence-corrected chi connectivity index (χ0v) is 12.3. The first kappa shape index (κ1) is 13.3. The Balaban J connectivity index is 1.88. The summed E-state index contributed by atoms with van der Waals surface area (Å²) in [5.74, 6) is 0. The van der Waals surface area contributed by atoms with Gasteiger partial charge < -0.3 is 0 Å². The van der Waals surface area contributed by atoms with Crippen molar-refractivity contribution in [2.75, 3.05) is 0 Å². The first-order valence-corrected chi connectivity index (χ1v) is 7.51. The van der Waals surface area contributed by atoms with Crippen LogP contribution >= 0.6 is 23.4 Å². The van der Waals surface area contributed by atoms with Crippen LogP contribution in [-0.2, 0) is 0 Å². The summed E-state index contributed by atoms with van der Waals surface area (Å²) in [6.45, 7) is 0. The lowest BCUT2D eigenvalue weighted by molar-refractivity contribution is 1.40. The molecule has 1 radical (unpaired) electrons. The predicted molar refractivity (Wildman–Crippen MR) is 86.3 cm³/mol. The minimum absolute atomic E-state index is 0.753. The molecule has 2 heteroatoms. The average Bonchev–Trinajstić information content (AvgIpc) is 2.49. The van der Waals surface area contributed by atoms with Crippen LogP contribution in [0.1, 0.15) is 0 Å². The van der Waals surface area contributed by atoms with E-state index in [0.29, 0.717) is 0 Å². The molecule has 0 saturated heterocycles. The maximum atomic E-state index is 5.92. The van der Waals surface area contributed by atoms with Gasteiger partial charge in [-0.05, 0) is 53.6 Å². The van der Waals surface area contributed by atoms with Gasteiger partial charge in [-0.15, -0.1) is 0 Å². The molecule has 3 rings (SSSR count). The second-order valence-electron chi connectivity index (χ2n) is 4.36. The molecule has 0 bridgehead atoms. The second-order valence-corrected chi connectivity index (χ2v) is 5.94. The Labute approximate surface area is 128 Å². The van der Waals surface area contributed by atoms with Crippen LogP contribution in [0.25, 0.3) is 11.1 Å². The molecular weight excluding hydrogens is 284 g/mol. The van der Waals surface area contributed by atoms with Crippen molar-refractivity contribution in [3.63, 3.8) is 0 Å².